The van der Waals surface area contributed by atoms with Gasteiger partial charge >= 0.3 is 0 Å². The van der Waals surface area contributed by atoms with Crippen LogP contribution in [0.5, 0.6) is 0 Å². The van der Waals surface area contributed by atoms with Crippen LogP contribution in [-0.2, 0) is 16.8 Å². The number of thiazole rings is 1. The van der Waals surface area contributed by atoms with E-state index >= 15 is 0 Å². The molecule has 2 aromatic carbocycles. The van der Waals surface area contributed by atoms with E-state index < -0.39 is 0 Å². The van der Waals surface area contributed by atoms with Gasteiger partial charge in [-0.2, -0.15) is 10.2 Å². The average molecular weight is 445 g/mol. The number of aryl methyl sites for hydroxylation is 1. The SMILES string of the molecule is Cc1ccccc1-c1cc(C(OCc2noc(C(C)(C)C)n2)c2cncs2)ccc1C#N. The molecule has 0 radical (unpaired) electrons. The summed E-state index contributed by atoms with van der Waals surface area (Å²) in [5.74, 6) is 1.07. The van der Waals surface area contributed by atoms with Crippen molar-refractivity contribution in [3.63, 3.8) is 0 Å². The van der Waals surface area contributed by atoms with Gasteiger partial charge in [-0.05, 0) is 35.7 Å². The van der Waals surface area contributed by atoms with Gasteiger partial charge in [0, 0.05) is 17.2 Å². The van der Waals surface area contributed by atoms with Crippen LogP contribution in [-0.4, -0.2) is 15.1 Å². The summed E-state index contributed by atoms with van der Waals surface area (Å²) in [7, 11) is 0. The third-order valence-electron chi connectivity index (χ3n) is 5.10. The number of aromatic nitrogens is 3. The Kier molecular flexibility index (Phi) is 6.17. The molecule has 0 bridgehead atoms. The highest BCUT2D eigenvalue weighted by atomic mass is 32.1. The van der Waals surface area contributed by atoms with Crippen LogP contribution in [0.3, 0.4) is 0 Å². The standard InChI is InChI=1S/C25H24N4O2S/c1-16-7-5-6-8-19(16)20-11-17(9-10-18(20)12-26)23(21-13-27-15-32-21)30-14-22-28-24(31-29-22)25(2,3)4/h5-11,13,15,23H,14H2,1-4H3. The predicted octanol–water partition coefficient (Wildman–Crippen LogP) is 5.98. The van der Waals surface area contributed by atoms with Crippen LogP contribution in [0.2, 0.25) is 0 Å². The van der Waals surface area contributed by atoms with Gasteiger partial charge in [0.1, 0.15) is 12.7 Å². The van der Waals surface area contributed by atoms with Gasteiger partial charge in [0.05, 0.1) is 22.0 Å². The molecule has 1 atom stereocenters. The highest BCUT2D eigenvalue weighted by Crippen LogP contribution is 2.34. The first-order chi connectivity index (χ1) is 15.4. The van der Waals surface area contributed by atoms with E-state index in [-0.39, 0.29) is 18.1 Å². The van der Waals surface area contributed by atoms with E-state index in [1.165, 1.54) is 11.3 Å². The van der Waals surface area contributed by atoms with E-state index in [1.807, 2.05) is 70.2 Å². The maximum atomic E-state index is 9.69. The first kappa shape index (κ1) is 21.9. The van der Waals surface area contributed by atoms with Gasteiger partial charge in [0.15, 0.2) is 5.82 Å². The molecule has 4 aromatic rings. The number of benzene rings is 2. The van der Waals surface area contributed by atoms with Crippen LogP contribution in [0.1, 0.15) is 60.2 Å². The molecule has 0 amide bonds. The lowest BCUT2D eigenvalue weighted by atomic mass is 9.93. The summed E-state index contributed by atoms with van der Waals surface area (Å²) in [5, 5.41) is 13.8. The zero-order valence-corrected chi connectivity index (χ0v) is 19.3. The van der Waals surface area contributed by atoms with E-state index in [0.717, 1.165) is 27.1 Å². The predicted molar refractivity (Wildman–Crippen MR) is 123 cm³/mol. The van der Waals surface area contributed by atoms with Gasteiger partial charge in [-0.1, -0.05) is 56.3 Å². The minimum Gasteiger partial charge on any atom is -0.360 e. The molecule has 0 fully saturated rings. The summed E-state index contributed by atoms with van der Waals surface area (Å²) in [6.45, 7) is 8.31. The zero-order valence-electron chi connectivity index (χ0n) is 18.5. The lowest BCUT2D eigenvalue weighted by Gasteiger charge is -2.18. The van der Waals surface area contributed by atoms with Gasteiger partial charge in [0.2, 0.25) is 5.89 Å². The van der Waals surface area contributed by atoms with Gasteiger partial charge in [-0.25, -0.2) is 0 Å². The fourth-order valence-corrected chi connectivity index (χ4v) is 4.09. The van der Waals surface area contributed by atoms with Crippen molar-refractivity contribution < 1.29 is 9.26 Å². The molecule has 2 heterocycles. The lowest BCUT2D eigenvalue weighted by molar-refractivity contribution is 0.0631. The molecule has 0 aliphatic carbocycles. The minimum absolute atomic E-state index is 0.196. The van der Waals surface area contributed by atoms with Gasteiger partial charge in [-0.15, -0.1) is 11.3 Å². The number of hydrogen-bond donors (Lipinski definition) is 0. The van der Waals surface area contributed by atoms with Crippen molar-refractivity contribution in [1.82, 2.24) is 15.1 Å². The summed E-state index contributed by atoms with van der Waals surface area (Å²) < 4.78 is 11.7. The molecule has 6 nitrogen and oxygen atoms in total. The molecule has 2 aromatic heterocycles. The van der Waals surface area contributed by atoms with Crippen molar-refractivity contribution in [2.75, 3.05) is 0 Å². The Morgan fingerprint density at radius 3 is 2.62 bits per heavy atom. The summed E-state index contributed by atoms with van der Waals surface area (Å²) in [6, 6.07) is 16.2. The second-order valence-corrected chi connectivity index (χ2v) is 9.51. The number of rotatable bonds is 6. The summed E-state index contributed by atoms with van der Waals surface area (Å²) in [4.78, 5) is 9.66. The van der Waals surface area contributed by atoms with Gasteiger partial charge in [-0.3, -0.25) is 4.98 Å². The van der Waals surface area contributed by atoms with E-state index in [9.17, 15) is 5.26 Å². The van der Waals surface area contributed by atoms with Crippen molar-refractivity contribution >= 4 is 11.3 Å². The van der Waals surface area contributed by atoms with Gasteiger partial charge in [0.25, 0.3) is 0 Å². The Morgan fingerprint density at radius 2 is 1.97 bits per heavy atom. The van der Waals surface area contributed by atoms with E-state index in [2.05, 4.69) is 21.2 Å². The summed E-state index contributed by atoms with van der Waals surface area (Å²) in [5.41, 5.74) is 6.14. The maximum Gasteiger partial charge on any atom is 0.232 e. The Balaban J connectivity index is 1.69. The largest absolute Gasteiger partial charge is 0.360 e. The Morgan fingerprint density at radius 1 is 1.16 bits per heavy atom. The van der Waals surface area contributed by atoms with Crippen molar-refractivity contribution in [3.8, 4) is 17.2 Å². The van der Waals surface area contributed by atoms with Crippen molar-refractivity contribution in [2.45, 2.75) is 45.8 Å². The molecule has 4 rings (SSSR count). The molecule has 0 N–H and O–H groups in total. The second kappa shape index (κ2) is 9.03. The molecule has 32 heavy (non-hydrogen) atoms. The molecule has 7 heteroatoms. The second-order valence-electron chi connectivity index (χ2n) is 8.59. The third kappa shape index (κ3) is 4.62. The Bertz CT molecular complexity index is 1250. The number of nitrogens with zero attached hydrogens (tertiary/aromatic N) is 4. The van der Waals surface area contributed by atoms with Crippen LogP contribution in [0, 0.1) is 18.3 Å². The number of hydrogen-bond acceptors (Lipinski definition) is 7. The molecular formula is C25H24N4O2S. The average Bonchev–Trinajstić information content (AvgIpc) is 3.46. The van der Waals surface area contributed by atoms with Crippen molar-refractivity contribution in [2.24, 2.45) is 0 Å². The topological polar surface area (TPSA) is 84.8 Å². The molecule has 0 aliphatic rings. The van der Waals surface area contributed by atoms with Crippen LogP contribution in [0.25, 0.3) is 11.1 Å². The summed E-state index contributed by atoms with van der Waals surface area (Å²) in [6.07, 6.45) is 1.44. The fourth-order valence-electron chi connectivity index (χ4n) is 3.39. The highest BCUT2D eigenvalue weighted by Gasteiger charge is 2.24. The smallest absolute Gasteiger partial charge is 0.232 e. The molecule has 0 saturated heterocycles. The van der Waals surface area contributed by atoms with E-state index in [0.29, 0.717) is 17.3 Å². The maximum absolute atomic E-state index is 9.69. The number of nitriles is 1. The fraction of sp³-hybridized carbons (Fsp3) is 0.280. The monoisotopic (exact) mass is 444 g/mol. The molecule has 0 saturated carbocycles. The van der Waals surface area contributed by atoms with Crippen LogP contribution in [0.4, 0.5) is 0 Å². The van der Waals surface area contributed by atoms with Crippen LogP contribution in [0.15, 0.2) is 58.7 Å². The summed E-state index contributed by atoms with van der Waals surface area (Å²) >= 11 is 1.52. The minimum atomic E-state index is -0.366. The molecule has 162 valence electrons. The highest BCUT2D eigenvalue weighted by molar-refractivity contribution is 7.09. The number of ether oxygens (including phenoxy) is 1. The van der Waals surface area contributed by atoms with Crippen molar-refractivity contribution in [1.29, 1.82) is 5.26 Å². The first-order valence-corrected chi connectivity index (χ1v) is 11.2. The molecule has 0 spiro atoms. The Labute approximate surface area is 191 Å². The van der Waals surface area contributed by atoms with Crippen LogP contribution < -0.4 is 0 Å². The third-order valence-corrected chi connectivity index (χ3v) is 5.92. The quantitative estimate of drug-likeness (QED) is 0.364. The van der Waals surface area contributed by atoms with E-state index in [1.54, 1.807) is 11.7 Å². The Hall–Kier alpha value is -3.34. The lowest BCUT2D eigenvalue weighted by Crippen LogP contribution is -2.12. The normalized spacial score (nSPS) is 12.5. The first-order valence-electron chi connectivity index (χ1n) is 10.3. The van der Waals surface area contributed by atoms with Crippen LogP contribution >= 0.6 is 11.3 Å². The van der Waals surface area contributed by atoms with Gasteiger partial charge < -0.3 is 9.26 Å². The molecular weight excluding hydrogens is 420 g/mol. The van der Waals surface area contributed by atoms with Crippen molar-refractivity contribution in [3.05, 3.63) is 87.5 Å². The molecule has 1 unspecified atom stereocenters. The zero-order chi connectivity index (χ0) is 22.7. The van der Waals surface area contributed by atoms with E-state index in [4.69, 9.17) is 9.26 Å². The molecule has 0 aliphatic heterocycles.